The molecule has 1 rings (SSSR count). The number of hydrogen-bond acceptors (Lipinski definition) is 9. The highest BCUT2D eigenvalue weighted by Crippen LogP contribution is 2.11. The smallest absolute Gasteiger partial charge is 0.315 e. The number of phenolic OH excluding ortho intramolecular Hbond substituents is 1. The molecule has 0 radical (unpaired) electrons. The number of benzene rings is 1. The monoisotopic (exact) mass is 809 g/mol. The van der Waals surface area contributed by atoms with E-state index >= 15 is 0 Å². The van der Waals surface area contributed by atoms with E-state index in [2.05, 4.69) is 69.1 Å². The molecule has 23 nitrogen and oxygen atoms in total. The lowest BCUT2D eigenvalue weighted by Gasteiger charge is -2.21. The molecular formula is C34H63N15O8. The predicted molar refractivity (Wildman–Crippen MR) is 213 cm³/mol. The molecule has 0 saturated carbocycles. The number of nitrogens with two attached hydrogens (primary N) is 2. The zero-order valence-corrected chi connectivity index (χ0v) is 33.5. The minimum absolute atomic E-state index is 0.0695. The van der Waals surface area contributed by atoms with Crippen LogP contribution in [0, 0.1) is 0 Å². The van der Waals surface area contributed by atoms with Crippen LogP contribution in [-0.4, -0.2) is 135 Å². The maximum atomic E-state index is 12.5. The van der Waals surface area contributed by atoms with Gasteiger partial charge in [-0.05, 0) is 65.7 Å². The summed E-state index contributed by atoms with van der Waals surface area (Å²) in [4.78, 5) is 84.8. The van der Waals surface area contributed by atoms with Gasteiger partial charge < -0.3 is 85.7 Å². The number of rotatable bonds is 22. The Morgan fingerprint density at radius 3 is 1.07 bits per heavy atom. The van der Waals surface area contributed by atoms with Crippen molar-refractivity contribution in [2.24, 2.45) is 11.5 Å². The first-order valence-electron chi connectivity index (χ1n) is 18.6. The number of amides is 14. The Hall–Kier alpha value is -6.13. The molecule has 1 aromatic rings. The lowest BCUT2D eigenvalue weighted by Crippen LogP contribution is -2.54. The molecule has 0 aliphatic heterocycles. The van der Waals surface area contributed by atoms with Crippen LogP contribution in [0.1, 0.15) is 47.1 Å². The molecule has 57 heavy (non-hydrogen) atoms. The largest absolute Gasteiger partial charge is 0.508 e. The Labute approximate surface area is 332 Å². The second-order valence-corrected chi connectivity index (χ2v) is 13.9. The van der Waals surface area contributed by atoms with E-state index < -0.39 is 72.4 Å². The van der Waals surface area contributed by atoms with Gasteiger partial charge in [-0.2, -0.15) is 0 Å². The third kappa shape index (κ3) is 25.6. The van der Waals surface area contributed by atoms with Gasteiger partial charge in [-0.25, -0.2) is 33.6 Å². The van der Waals surface area contributed by atoms with Crippen molar-refractivity contribution in [1.82, 2.24) is 69.1 Å². The van der Waals surface area contributed by atoms with Crippen LogP contribution >= 0.6 is 0 Å². The summed E-state index contributed by atoms with van der Waals surface area (Å²) in [6.07, 6.45) is 0.352. The topological polar surface area (TPSA) is 348 Å². The maximum Gasteiger partial charge on any atom is 0.315 e. The van der Waals surface area contributed by atoms with Crippen molar-refractivity contribution in [2.45, 2.75) is 90.3 Å². The van der Waals surface area contributed by atoms with Gasteiger partial charge >= 0.3 is 42.2 Å². The molecule has 0 aromatic heterocycles. The lowest BCUT2D eigenvalue weighted by atomic mass is 10.1. The van der Waals surface area contributed by atoms with Crippen LogP contribution in [0.5, 0.6) is 5.75 Å². The Morgan fingerprint density at radius 1 is 0.474 bits per heavy atom. The lowest BCUT2D eigenvalue weighted by molar-refractivity contribution is 0.226. The van der Waals surface area contributed by atoms with Crippen molar-refractivity contribution >= 4 is 42.2 Å². The number of nitrogens with one attached hydrogen (secondary N) is 13. The quantitative estimate of drug-likeness (QED) is 0.0619. The summed E-state index contributed by atoms with van der Waals surface area (Å²) in [6.45, 7) is 11.2. The number of carbonyl (C=O) groups is 7. The SMILES string of the molecule is C[C@H](CNC(=O)N[C@H](C)CNC(=O)N[C@@H](C)CNC(=O)N[C@@H](C)CNC(=O)N[C@@H](C)CNC(=O)N[C@H](CNC(N)=O)Cc1ccc(O)cc1)NC(=O)NC[C@@H](C)N. The van der Waals surface area contributed by atoms with E-state index in [4.69, 9.17) is 11.5 Å². The Bertz CT molecular complexity index is 1440. The molecule has 1 aromatic carbocycles. The average Bonchev–Trinajstić information content (AvgIpc) is 3.12. The molecule has 0 aliphatic carbocycles. The first kappa shape index (κ1) is 48.9. The van der Waals surface area contributed by atoms with E-state index in [-0.39, 0.29) is 57.1 Å². The fraction of sp³-hybridized carbons (Fsp3) is 0.618. The van der Waals surface area contributed by atoms with E-state index in [1.807, 2.05) is 0 Å². The molecule has 0 fully saturated rings. The normalized spacial score (nSPS) is 14.2. The van der Waals surface area contributed by atoms with Gasteiger partial charge in [0.25, 0.3) is 0 Å². The highest BCUT2D eigenvalue weighted by molar-refractivity contribution is 5.78. The molecule has 0 bridgehead atoms. The number of hydrogen-bond donors (Lipinski definition) is 16. The van der Waals surface area contributed by atoms with Crippen LogP contribution in [0.2, 0.25) is 0 Å². The van der Waals surface area contributed by atoms with Crippen LogP contribution in [0.15, 0.2) is 24.3 Å². The van der Waals surface area contributed by atoms with Crippen LogP contribution in [0.4, 0.5) is 33.6 Å². The molecule has 23 heteroatoms. The third-order valence-electron chi connectivity index (χ3n) is 7.59. The Kier molecular flexibility index (Phi) is 22.8. The van der Waals surface area contributed by atoms with E-state index in [9.17, 15) is 38.7 Å². The molecule has 322 valence electrons. The van der Waals surface area contributed by atoms with E-state index in [1.54, 1.807) is 53.7 Å². The predicted octanol–water partition coefficient (Wildman–Crippen LogP) is -1.94. The van der Waals surface area contributed by atoms with Crippen molar-refractivity contribution in [1.29, 1.82) is 0 Å². The van der Waals surface area contributed by atoms with Crippen molar-refractivity contribution in [3.05, 3.63) is 29.8 Å². The van der Waals surface area contributed by atoms with Crippen LogP contribution in [0.3, 0.4) is 0 Å². The van der Waals surface area contributed by atoms with E-state index in [0.717, 1.165) is 5.56 Å². The van der Waals surface area contributed by atoms with Crippen molar-refractivity contribution < 1.29 is 38.7 Å². The minimum Gasteiger partial charge on any atom is -0.508 e. The fourth-order valence-electron chi connectivity index (χ4n) is 4.66. The maximum absolute atomic E-state index is 12.5. The van der Waals surface area contributed by atoms with Crippen LogP contribution < -0.4 is 80.6 Å². The second kappa shape index (κ2) is 26.6. The molecule has 18 N–H and O–H groups in total. The average molecular weight is 810 g/mol. The summed E-state index contributed by atoms with van der Waals surface area (Å²) in [5.41, 5.74) is 11.6. The number of urea groups is 7. The zero-order valence-electron chi connectivity index (χ0n) is 33.5. The fourth-order valence-corrected chi connectivity index (χ4v) is 4.66. The molecule has 0 saturated heterocycles. The number of primary amides is 1. The zero-order chi connectivity index (χ0) is 42.9. The number of phenols is 1. The van der Waals surface area contributed by atoms with E-state index in [0.29, 0.717) is 13.0 Å². The van der Waals surface area contributed by atoms with Gasteiger partial charge in [-0.1, -0.05) is 12.1 Å². The van der Waals surface area contributed by atoms with Gasteiger partial charge in [-0.15, -0.1) is 0 Å². The van der Waals surface area contributed by atoms with Crippen LogP contribution in [0.25, 0.3) is 0 Å². The second-order valence-electron chi connectivity index (χ2n) is 13.9. The van der Waals surface area contributed by atoms with Gasteiger partial charge in [0.1, 0.15) is 5.75 Å². The Morgan fingerprint density at radius 2 is 0.772 bits per heavy atom. The highest BCUT2D eigenvalue weighted by Gasteiger charge is 2.17. The molecule has 14 amide bonds. The summed E-state index contributed by atoms with van der Waals surface area (Å²) in [5.74, 6) is 0.0973. The van der Waals surface area contributed by atoms with E-state index in [1.165, 1.54) is 12.1 Å². The molecule has 0 aliphatic rings. The third-order valence-corrected chi connectivity index (χ3v) is 7.59. The van der Waals surface area contributed by atoms with Crippen molar-refractivity contribution in [2.75, 3.05) is 45.8 Å². The first-order chi connectivity index (χ1) is 26.8. The molecule has 0 heterocycles. The summed E-state index contributed by atoms with van der Waals surface area (Å²) in [7, 11) is 0. The van der Waals surface area contributed by atoms with Crippen molar-refractivity contribution in [3.63, 3.8) is 0 Å². The highest BCUT2D eigenvalue weighted by atomic mass is 16.3. The number of aromatic hydroxyl groups is 1. The Balaban J connectivity index is 2.26. The summed E-state index contributed by atoms with van der Waals surface area (Å²) >= 11 is 0. The summed E-state index contributed by atoms with van der Waals surface area (Å²) < 4.78 is 0. The molecular weight excluding hydrogens is 746 g/mol. The first-order valence-corrected chi connectivity index (χ1v) is 18.6. The summed E-state index contributed by atoms with van der Waals surface area (Å²) in [6, 6.07) is -0.113. The standard InChI is InChI=1S/C34H63N15O8/c1-19(35)12-38-29(52)44-20(2)13-39-30(53)45-21(3)14-40-31(54)46-22(4)15-41-32(55)47-23(5)16-42-33(56)48-24(6)17-43-34(57)49-26(18-37-28(36)51)11-25-7-9-27(50)10-8-25/h7-10,19-24,26,50H,11-18,35H2,1-6H3,(H3,36,37,51)(H2,38,44,52)(H2,39,45,53)(H2,40,46,54)(H2,41,47,55)(H2,42,48,56)(H2,43,49,57)/t19-,20-,21-,22+,23+,24+,26+/m1/s1. The van der Waals surface area contributed by atoms with Gasteiger partial charge in [-0.3, -0.25) is 0 Å². The van der Waals surface area contributed by atoms with Crippen molar-refractivity contribution in [3.8, 4) is 5.75 Å². The van der Waals surface area contributed by atoms with Gasteiger partial charge in [0.15, 0.2) is 0 Å². The number of carbonyl (C=O) groups excluding carboxylic acids is 7. The molecule has 0 spiro atoms. The van der Waals surface area contributed by atoms with Gasteiger partial charge in [0, 0.05) is 82.1 Å². The minimum atomic E-state index is -0.743. The summed E-state index contributed by atoms with van der Waals surface area (Å²) in [5, 5.41) is 44.0. The molecule has 7 atom stereocenters. The van der Waals surface area contributed by atoms with Gasteiger partial charge in [0.2, 0.25) is 0 Å². The van der Waals surface area contributed by atoms with Crippen LogP contribution in [-0.2, 0) is 6.42 Å². The molecule has 0 unspecified atom stereocenters. The van der Waals surface area contributed by atoms with Gasteiger partial charge in [0.05, 0.1) is 6.04 Å².